The van der Waals surface area contributed by atoms with Crippen molar-refractivity contribution in [3.05, 3.63) is 65.2 Å². The number of benzene rings is 2. The molecule has 0 heterocycles. The zero-order chi connectivity index (χ0) is 13.7. The van der Waals surface area contributed by atoms with Crippen LogP contribution in [0.5, 0.6) is 0 Å². The molecule has 0 aliphatic rings. The van der Waals surface area contributed by atoms with Crippen molar-refractivity contribution in [3.63, 3.8) is 0 Å². The van der Waals surface area contributed by atoms with Gasteiger partial charge in [0.2, 0.25) is 0 Å². The van der Waals surface area contributed by atoms with Crippen molar-refractivity contribution in [1.29, 1.82) is 5.26 Å². The Bertz CT molecular complexity index is 582. The van der Waals surface area contributed by atoms with Gasteiger partial charge in [0.15, 0.2) is 0 Å². The molecule has 19 heavy (non-hydrogen) atoms. The van der Waals surface area contributed by atoms with E-state index >= 15 is 0 Å². The van der Waals surface area contributed by atoms with Crippen LogP contribution in [-0.2, 0) is 5.75 Å². The lowest BCUT2D eigenvalue weighted by atomic mass is 10.1. The van der Waals surface area contributed by atoms with E-state index in [1.54, 1.807) is 11.8 Å². The molecule has 1 atom stereocenters. The van der Waals surface area contributed by atoms with Crippen LogP contribution in [0, 0.1) is 11.3 Å². The summed E-state index contributed by atoms with van der Waals surface area (Å²) in [7, 11) is 0. The van der Waals surface area contributed by atoms with Crippen molar-refractivity contribution in [1.82, 2.24) is 0 Å². The van der Waals surface area contributed by atoms with Gasteiger partial charge in [-0.2, -0.15) is 5.26 Å². The van der Waals surface area contributed by atoms with Crippen molar-refractivity contribution in [2.24, 2.45) is 5.73 Å². The first-order valence-corrected chi connectivity index (χ1v) is 7.15. The fraction of sp³-hybridized carbons (Fsp3) is 0.188. The summed E-state index contributed by atoms with van der Waals surface area (Å²) in [6.45, 7) is 1.98. The first kappa shape index (κ1) is 13.7. The van der Waals surface area contributed by atoms with Crippen LogP contribution in [0.3, 0.4) is 0 Å². The second-order valence-corrected chi connectivity index (χ2v) is 5.51. The SMILES string of the molecule is CC(N)c1ccc(SCc2cccc(C#N)c2)cc1. The monoisotopic (exact) mass is 268 g/mol. The van der Waals surface area contributed by atoms with Crippen LogP contribution >= 0.6 is 11.8 Å². The lowest BCUT2D eigenvalue weighted by Gasteiger charge is -2.07. The Labute approximate surface area is 118 Å². The molecule has 0 aromatic heterocycles. The van der Waals surface area contributed by atoms with Gasteiger partial charge in [0.25, 0.3) is 0 Å². The van der Waals surface area contributed by atoms with Gasteiger partial charge in [0, 0.05) is 16.7 Å². The molecule has 0 bridgehead atoms. The van der Waals surface area contributed by atoms with Gasteiger partial charge in [-0.25, -0.2) is 0 Å². The molecule has 0 saturated heterocycles. The third kappa shape index (κ3) is 3.85. The summed E-state index contributed by atoms with van der Waals surface area (Å²) in [5.74, 6) is 0.868. The topological polar surface area (TPSA) is 49.8 Å². The van der Waals surface area contributed by atoms with Gasteiger partial charge in [-0.15, -0.1) is 11.8 Å². The summed E-state index contributed by atoms with van der Waals surface area (Å²) < 4.78 is 0. The van der Waals surface area contributed by atoms with Crippen molar-refractivity contribution in [2.75, 3.05) is 0 Å². The lowest BCUT2D eigenvalue weighted by Crippen LogP contribution is -2.04. The number of nitrogens with zero attached hydrogens (tertiary/aromatic N) is 1. The fourth-order valence-corrected chi connectivity index (χ4v) is 2.61. The van der Waals surface area contributed by atoms with Gasteiger partial charge < -0.3 is 5.73 Å². The quantitative estimate of drug-likeness (QED) is 0.856. The Balaban J connectivity index is 2.00. The normalized spacial score (nSPS) is 11.8. The molecule has 2 rings (SSSR count). The number of rotatable bonds is 4. The standard InChI is InChI=1S/C16H16N2S/c1-12(18)15-5-7-16(8-6-15)19-11-14-4-2-3-13(9-14)10-17/h2-9,12H,11,18H2,1H3. The molecule has 0 amide bonds. The van der Waals surface area contributed by atoms with Crippen LogP contribution in [-0.4, -0.2) is 0 Å². The number of nitrogens with two attached hydrogens (primary N) is 1. The highest BCUT2D eigenvalue weighted by molar-refractivity contribution is 7.98. The molecule has 0 radical (unpaired) electrons. The van der Waals surface area contributed by atoms with Crippen LogP contribution in [0.1, 0.15) is 29.7 Å². The van der Waals surface area contributed by atoms with E-state index in [4.69, 9.17) is 11.0 Å². The van der Waals surface area contributed by atoms with E-state index in [2.05, 4.69) is 30.3 Å². The molecule has 1 unspecified atom stereocenters. The second kappa shape index (κ2) is 6.42. The molecular weight excluding hydrogens is 252 g/mol. The van der Waals surface area contributed by atoms with E-state index in [0.29, 0.717) is 5.56 Å². The van der Waals surface area contributed by atoms with Crippen molar-refractivity contribution < 1.29 is 0 Å². The molecule has 3 heteroatoms. The predicted octanol–water partition coefficient (Wildman–Crippen LogP) is 3.87. The van der Waals surface area contributed by atoms with E-state index < -0.39 is 0 Å². The van der Waals surface area contributed by atoms with E-state index in [1.807, 2.05) is 31.2 Å². The highest BCUT2D eigenvalue weighted by Gasteiger charge is 2.01. The van der Waals surface area contributed by atoms with Crippen molar-refractivity contribution in [2.45, 2.75) is 23.6 Å². The largest absolute Gasteiger partial charge is 0.324 e. The minimum Gasteiger partial charge on any atom is -0.324 e. The molecule has 2 nitrogen and oxygen atoms in total. The minimum atomic E-state index is 0.0753. The van der Waals surface area contributed by atoms with Crippen LogP contribution in [0.4, 0.5) is 0 Å². The van der Waals surface area contributed by atoms with Crippen molar-refractivity contribution in [3.8, 4) is 6.07 Å². The smallest absolute Gasteiger partial charge is 0.0991 e. The first-order chi connectivity index (χ1) is 9.19. The Morgan fingerprint density at radius 3 is 2.58 bits per heavy atom. The summed E-state index contributed by atoms with van der Waals surface area (Å²) in [5, 5.41) is 8.86. The Hall–Kier alpha value is -1.76. The summed E-state index contributed by atoms with van der Waals surface area (Å²) in [4.78, 5) is 1.21. The zero-order valence-corrected chi connectivity index (χ0v) is 11.7. The molecular formula is C16H16N2S. The second-order valence-electron chi connectivity index (χ2n) is 4.46. The summed E-state index contributed by atoms with van der Waals surface area (Å²) in [5.41, 5.74) is 8.85. The number of hydrogen-bond donors (Lipinski definition) is 1. The first-order valence-electron chi connectivity index (χ1n) is 6.16. The van der Waals surface area contributed by atoms with Crippen molar-refractivity contribution >= 4 is 11.8 Å². The minimum absolute atomic E-state index is 0.0753. The third-order valence-electron chi connectivity index (χ3n) is 2.87. The van der Waals surface area contributed by atoms with Gasteiger partial charge in [-0.3, -0.25) is 0 Å². The summed E-state index contributed by atoms with van der Waals surface area (Å²) in [6.07, 6.45) is 0. The average Bonchev–Trinajstić information content (AvgIpc) is 2.46. The molecule has 0 aliphatic carbocycles. The molecule has 0 aliphatic heterocycles. The van der Waals surface area contributed by atoms with Crippen LogP contribution in [0.15, 0.2) is 53.4 Å². The van der Waals surface area contributed by atoms with E-state index in [-0.39, 0.29) is 6.04 Å². The predicted molar refractivity (Wildman–Crippen MR) is 79.8 cm³/mol. The number of thioether (sulfide) groups is 1. The van der Waals surface area contributed by atoms with Crippen LogP contribution in [0.25, 0.3) is 0 Å². The van der Waals surface area contributed by atoms with Crippen LogP contribution < -0.4 is 5.73 Å². The number of nitriles is 1. The maximum Gasteiger partial charge on any atom is 0.0991 e. The van der Waals surface area contributed by atoms with Gasteiger partial charge >= 0.3 is 0 Å². The van der Waals surface area contributed by atoms with E-state index in [9.17, 15) is 0 Å². The van der Waals surface area contributed by atoms with Crippen LogP contribution in [0.2, 0.25) is 0 Å². The molecule has 0 saturated carbocycles. The molecule has 2 N–H and O–H groups in total. The maximum atomic E-state index is 8.86. The lowest BCUT2D eigenvalue weighted by molar-refractivity contribution is 0.817. The van der Waals surface area contributed by atoms with Gasteiger partial charge in [-0.1, -0.05) is 24.3 Å². The zero-order valence-electron chi connectivity index (χ0n) is 10.8. The summed E-state index contributed by atoms with van der Waals surface area (Å²) >= 11 is 1.76. The molecule has 96 valence electrons. The molecule has 0 fully saturated rings. The van der Waals surface area contributed by atoms with Gasteiger partial charge in [0.05, 0.1) is 11.6 Å². The van der Waals surface area contributed by atoms with Gasteiger partial charge in [0.1, 0.15) is 0 Å². The Kier molecular flexibility index (Phi) is 4.62. The summed E-state index contributed by atoms with van der Waals surface area (Å²) in [6, 6.07) is 18.3. The molecule has 2 aromatic rings. The fourth-order valence-electron chi connectivity index (χ4n) is 1.76. The maximum absolute atomic E-state index is 8.86. The van der Waals surface area contributed by atoms with E-state index in [0.717, 1.165) is 11.3 Å². The highest BCUT2D eigenvalue weighted by Crippen LogP contribution is 2.24. The van der Waals surface area contributed by atoms with E-state index in [1.165, 1.54) is 10.5 Å². The highest BCUT2D eigenvalue weighted by atomic mass is 32.2. The Morgan fingerprint density at radius 2 is 1.95 bits per heavy atom. The average molecular weight is 268 g/mol. The third-order valence-corrected chi connectivity index (χ3v) is 3.95. The molecule has 2 aromatic carbocycles. The number of hydrogen-bond acceptors (Lipinski definition) is 3. The van der Waals surface area contributed by atoms with Gasteiger partial charge in [-0.05, 0) is 42.3 Å². The Morgan fingerprint density at radius 1 is 1.21 bits per heavy atom. The molecule has 0 spiro atoms.